The highest BCUT2D eigenvalue weighted by Gasteiger charge is 2.17. The van der Waals surface area contributed by atoms with Gasteiger partial charge in [-0.1, -0.05) is 42.5 Å². The molecule has 27 heavy (non-hydrogen) atoms. The number of hydrogen-bond donors (Lipinski definition) is 1. The van der Waals surface area contributed by atoms with Crippen LogP contribution < -0.4 is 10.5 Å². The maximum Gasteiger partial charge on any atom is 0.224 e. The molecule has 0 bridgehead atoms. The van der Waals surface area contributed by atoms with E-state index in [1.165, 1.54) is 17.7 Å². The maximum absolute atomic E-state index is 13.0. The van der Waals surface area contributed by atoms with Crippen molar-refractivity contribution in [3.8, 4) is 11.5 Å². The van der Waals surface area contributed by atoms with Gasteiger partial charge in [-0.3, -0.25) is 4.79 Å². The predicted octanol–water partition coefficient (Wildman–Crippen LogP) is 5.21. The molecule has 0 heterocycles. The van der Waals surface area contributed by atoms with Crippen LogP contribution in [0.15, 0.2) is 78.9 Å². The average molecular weight is 363 g/mol. The van der Waals surface area contributed by atoms with E-state index < -0.39 is 0 Å². The zero-order valence-corrected chi connectivity index (χ0v) is 15.0. The number of primary amides is 1. The molecule has 3 rings (SSSR count). The van der Waals surface area contributed by atoms with Crippen molar-refractivity contribution in [2.45, 2.75) is 25.2 Å². The summed E-state index contributed by atoms with van der Waals surface area (Å²) in [7, 11) is 0. The van der Waals surface area contributed by atoms with Crippen LogP contribution in [0.3, 0.4) is 0 Å². The Bertz CT molecular complexity index is 861. The van der Waals surface area contributed by atoms with Crippen LogP contribution in [0.1, 0.15) is 29.9 Å². The Morgan fingerprint density at radius 1 is 0.889 bits per heavy atom. The minimum atomic E-state index is -0.325. The van der Waals surface area contributed by atoms with Crippen LogP contribution in [0.4, 0.5) is 4.39 Å². The number of carbonyl (C=O) groups excluding carboxylic acids is 1. The van der Waals surface area contributed by atoms with Gasteiger partial charge in [0.1, 0.15) is 17.3 Å². The standard InChI is InChI=1S/C23H22FNO2/c24-19-11-15-21(16-12-19)27-20-13-9-18(10-14-20)22(23(25)26)8-4-7-17-5-2-1-3-6-17/h1-3,5-6,9-16,22H,4,7-8H2,(H2,25,26). The molecule has 3 nitrogen and oxygen atoms in total. The van der Waals surface area contributed by atoms with Crippen molar-refractivity contribution < 1.29 is 13.9 Å². The van der Waals surface area contributed by atoms with Crippen LogP contribution in [0, 0.1) is 5.82 Å². The van der Waals surface area contributed by atoms with Gasteiger partial charge in [-0.15, -0.1) is 0 Å². The van der Waals surface area contributed by atoms with E-state index in [0.717, 1.165) is 18.4 Å². The largest absolute Gasteiger partial charge is 0.457 e. The van der Waals surface area contributed by atoms with Crippen molar-refractivity contribution in [2.75, 3.05) is 0 Å². The highest BCUT2D eigenvalue weighted by Crippen LogP contribution is 2.27. The van der Waals surface area contributed by atoms with Crippen molar-refractivity contribution >= 4 is 5.91 Å². The van der Waals surface area contributed by atoms with Gasteiger partial charge in [0.15, 0.2) is 0 Å². The van der Waals surface area contributed by atoms with Crippen LogP contribution in [0.25, 0.3) is 0 Å². The van der Waals surface area contributed by atoms with Gasteiger partial charge in [-0.05, 0) is 66.8 Å². The van der Waals surface area contributed by atoms with E-state index in [1.54, 1.807) is 24.3 Å². The molecule has 138 valence electrons. The number of amides is 1. The first-order valence-corrected chi connectivity index (χ1v) is 8.98. The van der Waals surface area contributed by atoms with E-state index in [1.807, 2.05) is 30.3 Å². The molecule has 3 aromatic rings. The van der Waals surface area contributed by atoms with Crippen LogP contribution in [0.2, 0.25) is 0 Å². The number of ether oxygens (including phenoxy) is 1. The molecule has 4 heteroatoms. The lowest BCUT2D eigenvalue weighted by atomic mass is 9.92. The van der Waals surface area contributed by atoms with Gasteiger partial charge in [-0.25, -0.2) is 4.39 Å². The Kier molecular flexibility index (Phi) is 6.21. The third-order valence-corrected chi connectivity index (χ3v) is 4.48. The van der Waals surface area contributed by atoms with Crippen molar-refractivity contribution in [2.24, 2.45) is 5.73 Å². The average Bonchev–Trinajstić information content (AvgIpc) is 2.68. The first-order chi connectivity index (χ1) is 13.1. The maximum atomic E-state index is 13.0. The molecular formula is C23H22FNO2. The molecule has 1 unspecified atom stereocenters. The highest BCUT2D eigenvalue weighted by molar-refractivity contribution is 5.81. The lowest BCUT2D eigenvalue weighted by Gasteiger charge is -2.14. The van der Waals surface area contributed by atoms with Crippen molar-refractivity contribution in [1.29, 1.82) is 0 Å². The van der Waals surface area contributed by atoms with Crippen LogP contribution in [-0.4, -0.2) is 5.91 Å². The minimum Gasteiger partial charge on any atom is -0.457 e. The van der Waals surface area contributed by atoms with E-state index in [4.69, 9.17) is 10.5 Å². The van der Waals surface area contributed by atoms with Gasteiger partial charge in [0.2, 0.25) is 5.91 Å². The lowest BCUT2D eigenvalue weighted by Crippen LogP contribution is -2.21. The zero-order valence-electron chi connectivity index (χ0n) is 15.0. The van der Waals surface area contributed by atoms with E-state index >= 15 is 0 Å². The zero-order chi connectivity index (χ0) is 19.1. The Morgan fingerprint density at radius 3 is 2.07 bits per heavy atom. The quantitative estimate of drug-likeness (QED) is 0.597. The predicted molar refractivity (Wildman–Crippen MR) is 104 cm³/mol. The summed E-state index contributed by atoms with van der Waals surface area (Å²) >= 11 is 0. The van der Waals surface area contributed by atoms with E-state index in [2.05, 4.69) is 12.1 Å². The third kappa shape index (κ3) is 5.42. The second-order valence-corrected chi connectivity index (χ2v) is 6.46. The Labute approximate surface area is 158 Å². The van der Waals surface area contributed by atoms with Crippen molar-refractivity contribution in [3.63, 3.8) is 0 Å². The summed E-state index contributed by atoms with van der Waals surface area (Å²) in [6.07, 6.45) is 2.49. The molecule has 0 aliphatic carbocycles. The number of carbonyl (C=O) groups is 1. The smallest absolute Gasteiger partial charge is 0.224 e. The molecule has 0 spiro atoms. The SMILES string of the molecule is NC(=O)C(CCCc1ccccc1)c1ccc(Oc2ccc(F)cc2)cc1. The fourth-order valence-corrected chi connectivity index (χ4v) is 3.04. The third-order valence-electron chi connectivity index (χ3n) is 4.48. The second-order valence-electron chi connectivity index (χ2n) is 6.46. The number of rotatable bonds is 8. The lowest BCUT2D eigenvalue weighted by molar-refractivity contribution is -0.119. The Balaban J connectivity index is 1.61. The summed E-state index contributed by atoms with van der Waals surface area (Å²) in [4.78, 5) is 11.9. The molecule has 1 atom stereocenters. The summed E-state index contributed by atoms with van der Waals surface area (Å²) in [5.74, 6) is 0.220. The summed E-state index contributed by atoms with van der Waals surface area (Å²) in [6, 6.07) is 23.3. The first-order valence-electron chi connectivity index (χ1n) is 8.98. The second kappa shape index (κ2) is 8.99. The van der Waals surface area contributed by atoms with E-state index in [-0.39, 0.29) is 17.6 Å². The molecular weight excluding hydrogens is 341 g/mol. The van der Waals surface area contributed by atoms with E-state index in [0.29, 0.717) is 17.9 Å². The molecule has 0 saturated heterocycles. The molecule has 0 saturated carbocycles. The fraction of sp³-hybridized carbons (Fsp3) is 0.174. The van der Waals surface area contributed by atoms with Crippen LogP contribution in [-0.2, 0) is 11.2 Å². The monoisotopic (exact) mass is 363 g/mol. The number of hydrogen-bond acceptors (Lipinski definition) is 2. The highest BCUT2D eigenvalue weighted by atomic mass is 19.1. The molecule has 0 fully saturated rings. The summed E-state index contributed by atoms with van der Waals surface area (Å²) in [5, 5.41) is 0. The van der Waals surface area contributed by atoms with Crippen molar-refractivity contribution in [1.82, 2.24) is 0 Å². The van der Waals surface area contributed by atoms with Crippen molar-refractivity contribution in [3.05, 3.63) is 95.8 Å². The fourth-order valence-electron chi connectivity index (χ4n) is 3.04. The molecule has 2 N–H and O–H groups in total. The topological polar surface area (TPSA) is 52.3 Å². The molecule has 0 aliphatic heterocycles. The van der Waals surface area contributed by atoms with Crippen LogP contribution in [0.5, 0.6) is 11.5 Å². The van der Waals surface area contributed by atoms with Crippen LogP contribution >= 0.6 is 0 Å². The summed E-state index contributed by atoms with van der Waals surface area (Å²) < 4.78 is 18.6. The summed E-state index contributed by atoms with van der Waals surface area (Å²) in [5.41, 5.74) is 7.75. The molecule has 0 aromatic heterocycles. The molecule has 0 aliphatic rings. The number of benzene rings is 3. The molecule has 3 aromatic carbocycles. The van der Waals surface area contributed by atoms with Gasteiger partial charge >= 0.3 is 0 Å². The Hall–Kier alpha value is -3.14. The Morgan fingerprint density at radius 2 is 1.48 bits per heavy atom. The first kappa shape index (κ1) is 18.6. The molecule has 0 radical (unpaired) electrons. The number of aryl methyl sites for hydroxylation is 1. The number of halogens is 1. The normalized spacial score (nSPS) is 11.7. The molecule has 1 amide bonds. The van der Waals surface area contributed by atoms with Gasteiger partial charge in [0.05, 0.1) is 5.92 Å². The van der Waals surface area contributed by atoms with Gasteiger partial charge in [-0.2, -0.15) is 0 Å². The summed E-state index contributed by atoms with van der Waals surface area (Å²) in [6.45, 7) is 0. The van der Waals surface area contributed by atoms with Gasteiger partial charge in [0.25, 0.3) is 0 Å². The van der Waals surface area contributed by atoms with Gasteiger partial charge in [0, 0.05) is 0 Å². The van der Waals surface area contributed by atoms with E-state index in [9.17, 15) is 9.18 Å². The van der Waals surface area contributed by atoms with Gasteiger partial charge < -0.3 is 10.5 Å². The number of nitrogens with two attached hydrogens (primary N) is 1. The minimum absolute atomic E-state index is 0.308.